The van der Waals surface area contributed by atoms with Gasteiger partial charge in [0.1, 0.15) is 5.82 Å². The van der Waals surface area contributed by atoms with Crippen LogP contribution in [0.4, 0.5) is 0 Å². The van der Waals surface area contributed by atoms with Gasteiger partial charge >= 0.3 is 0 Å². The van der Waals surface area contributed by atoms with E-state index in [0.29, 0.717) is 13.0 Å². The van der Waals surface area contributed by atoms with E-state index in [-0.39, 0.29) is 11.8 Å². The fourth-order valence-electron chi connectivity index (χ4n) is 3.52. The Morgan fingerprint density at radius 2 is 2.00 bits per heavy atom. The molecule has 3 aromatic rings. The zero-order valence-corrected chi connectivity index (χ0v) is 16.4. The number of imidazole rings is 1. The number of hydrogen-bond donors (Lipinski definition) is 1. The number of benzene rings is 1. The highest BCUT2D eigenvalue weighted by atomic mass is 16.2. The van der Waals surface area contributed by atoms with Crippen LogP contribution < -0.4 is 0 Å². The third-order valence-corrected chi connectivity index (χ3v) is 4.96. The molecule has 1 atom stereocenters. The molecule has 0 spiro atoms. The van der Waals surface area contributed by atoms with Crippen LogP contribution in [0.25, 0.3) is 0 Å². The maximum atomic E-state index is 12.7. The van der Waals surface area contributed by atoms with Gasteiger partial charge in [-0.1, -0.05) is 37.3 Å². The van der Waals surface area contributed by atoms with Crippen LogP contribution in [-0.4, -0.2) is 37.6 Å². The first-order valence-electron chi connectivity index (χ1n) is 9.25. The molecule has 0 bridgehead atoms. The maximum absolute atomic E-state index is 12.7. The van der Waals surface area contributed by atoms with Crippen LogP contribution in [0.15, 0.2) is 42.7 Å². The van der Waals surface area contributed by atoms with Crippen molar-refractivity contribution in [3.8, 4) is 0 Å². The predicted molar refractivity (Wildman–Crippen MR) is 105 cm³/mol. The minimum Gasteiger partial charge on any atom is -0.338 e. The van der Waals surface area contributed by atoms with Crippen molar-refractivity contribution in [3.05, 3.63) is 71.1 Å². The quantitative estimate of drug-likeness (QED) is 0.698. The highest BCUT2D eigenvalue weighted by Crippen LogP contribution is 2.25. The van der Waals surface area contributed by atoms with Gasteiger partial charge in [0.2, 0.25) is 5.91 Å². The molecule has 2 heterocycles. The monoisotopic (exact) mass is 365 g/mol. The number of amides is 1. The summed E-state index contributed by atoms with van der Waals surface area (Å²) in [4.78, 5) is 18.9. The first kappa shape index (κ1) is 18.9. The first-order chi connectivity index (χ1) is 13.0. The fraction of sp³-hybridized carbons (Fsp3) is 0.381. The molecule has 0 aliphatic rings. The Kier molecular flexibility index (Phi) is 5.74. The minimum atomic E-state index is 0.108. The van der Waals surface area contributed by atoms with Crippen LogP contribution >= 0.6 is 0 Å². The van der Waals surface area contributed by atoms with Crippen molar-refractivity contribution < 1.29 is 4.79 Å². The standard InChI is InChI=1S/C21H27N5O/c1-15(21-16(2)23-24-17(21)3)12-20(27)25(4)14-19-22-10-11-26(19)13-18-8-6-5-7-9-18/h5-11,15H,12-14H2,1-4H3,(H,23,24). The highest BCUT2D eigenvalue weighted by Gasteiger charge is 2.20. The van der Waals surface area contributed by atoms with Crippen molar-refractivity contribution in [2.45, 2.75) is 46.2 Å². The summed E-state index contributed by atoms with van der Waals surface area (Å²) in [5.41, 5.74) is 4.36. The summed E-state index contributed by atoms with van der Waals surface area (Å²) in [5.74, 6) is 1.12. The highest BCUT2D eigenvalue weighted by molar-refractivity contribution is 5.76. The third-order valence-electron chi connectivity index (χ3n) is 4.96. The second-order valence-corrected chi connectivity index (χ2v) is 7.16. The number of aromatic nitrogens is 4. The van der Waals surface area contributed by atoms with E-state index in [1.54, 1.807) is 11.1 Å². The smallest absolute Gasteiger partial charge is 0.223 e. The number of carbonyl (C=O) groups excluding carboxylic acids is 1. The van der Waals surface area contributed by atoms with E-state index in [0.717, 1.165) is 29.3 Å². The molecular formula is C21H27N5O. The van der Waals surface area contributed by atoms with Gasteiger partial charge in [0.25, 0.3) is 0 Å². The second kappa shape index (κ2) is 8.20. The molecule has 0 aliphatic heterocycles. The summed E-state index contributed by atoms with van der Waals surface area (Å²) in [6.45, 7) is 7.30. The summed E-state index contributed by atoms with van der Waals surface area (Å²) >= 11 is 0. The van der Waals surface area contributed by atoms with Gasteiger partial charge in [0.05, 0.1) is 12.2 Å². The summed E-state index contributed by atoms with van der Waals surface area (Å²) in [7, 11) is 1.84. The van der Waals surface area contributed by atoms with Crippen molar-refractivity contribution in [3.63, 3.8) is 0 Å². The molecule has 142 valence electrons. The van der Waals surface area contributed by atoms with Crippen LogP contribution in [0.1, 0.15) is 47.6 Å². The van der Waals surface area contributed by atoms with Gasteiger partial charge in [-0.25, -0.2) is 4.98 Å². The van der Waals surface area contributed by atoms with E-state index in [1.165, 1.54) is 5.56 Å². The number of H-pyrrole nitrogens is 1. The van der Waals surface area contributed by atoms with E-state index >= 15 is 0 Å². The van der Waals surface area contributed by atoms with E-state index in [2.05, 4.69) is 38.8 Å². The van der Waals surface area contributed by atoms with Crippen LogP contribution in [0, 0.1) is 13.8 Å². The van der Waals surface area contributed by atoms with Crippen molar-refractivity contribution in [1.82, 2.24) is 24.6 Å². The zero-order chi connectivity index (χ0) is 19.4. The first-order valence-corrected chi connectivity index (χ1v) is 9.25. The number of hydrogen-bond acceptors (Lipinski definition) is 3. The molecular weight excluding hydrogens is 338 g/mol. The number of nitrogens with zero attached hydrogens (tertiary/aromatic N) is 4. The van der Waals surface area contributed by atoms with E-state index in [4.69, 9.17) is 0 Å². The molecule has 0 saturated carbocycles. The van der Waals surface area contributed by atoms with Gasteiger partial charge in [-0.2, -0.15) is 5.10 Å². The van der Waals surface area contributed by atoms with Gasteiger partial charge in [0.15, 0.2) is 0 Å². The van der Waals surface area contributed by atoms with Gasteiger partial charge < -0.3 is 9.47 Å². The molecule has 0 fully saturated rings. The lowest BCUT2D eigenvalue weighted by atomic mass is 9.95. The number of carbonyl (C=O) groups is 1. The molecule has 2 aromatic heterocycles. The molecule has 3 rings (SSSR count). The molecule has 1 unspecified atom stereocenters. The zero-order valence-electron chi connectivity index (χ0n) is 16.4. The topological polar surface area (TPSA) is 66.8 Å². The Labute approximate surface area is 160 Å². The lowest BCUT2D eigenvalue weighted by Gasteiger charge is -2.20. The maximum Gasteiger partial charge on any atom is 0.223 e. The number of aryl methyl sites for hydroxylation is 2. The normalized spacial score (nSPS) is 12.1. The van der Waals surface area contributed by atoms with Crippen LogP contribution in [0.5, 0.6) is 0 Å². The number of aromatic amines is 1. The van der Waals surface area contributed by atoms with E-state index in [1.807, 2.05) is 45.3 Å². The van der Waals surface area contributed by atoms with Crippen molar-refractivity contribution >= 4 is 5.91 Å². The molecule has 1 amide bonds. The summed E-state index contributed by atoms with van der Waals surface area (Å²) < 4.78 is 2.09. The van der Waals surface area contributed by atoms with Crippen molar-refractivity contribution in [2.24, 2.45) is 0 Å². The van der Waals surface area contributed by atoms with E-state index in [9.17, 15) is 4.79 Å². The summed E-state index contributed by atoms with van der Waals surface area (Å²) in [6.07, 6.45) is 4.20. The van der Waals surface area contributed by atoms with Crippen LogP contribution in [0.3, 0.4) is 0 Å². The molecule has 0 aliphatic carbocycles. The summed E-state index contributed by atoms with van der Waals surface area (Å²) in [6, 6.07) is 10.3. The fourth-order valence-corrected chi connectivity index (χ4v) is 3.52. The van der Waals surface area contributed by atoms with Crippen LogP contribution in [-0.2, 0) is 17.9 Å². The summed E-state index contributed by atoms with van der Waals surface area (Å²) in [5, 5.41) is 7.24. The van der Waals surface area contributed by atoms with Gasteiger partial charge in [-0.05, 0) is 30.9 Å². The lowest BCUT2D eigenvalue weighted by molar-refractivity contribution is -0.130. The Morgan fingerprint density at radius 3 is 2.67 bits per heavy atom. The molecule has 1 N–H and O–H groups in total. The molecule has 6 nitrogen and oxygen atoms in total. The Hall–Kier alpha value is -2.89. The molecule has 1 aromatic carbocycles. The lowest BCUT2D eigenvalue weighted by Crippen LogP contribution is -2.28. The SMILES string of the molecule is Cc1n[nH]c(C)c1C(C)CC(=O)N(C)Cc1nccn1Cc1ccccc1. The largest absolute Gasteiger partial charge is 0.338 e. The van der Waals surface area contributed by atoms with Gasteiger partial charge in [0, 0.05) is 38.1 Å². The predicted octanol–water partition coefficient (Wildman–Crippen LogP) is 3.42. The number of nitrogens with one attached hydrogen (secondary N) is 1. The van der Waals surface area contributed by atoms with Crippen LogP contribution in [0.2, 0.25) is 0 Å². The Morgan fingerprint density at radius 1 is 1.26 bits per heavy atom. The number of rotatable bonds is 7. The van der Waals surface area contributed by atoms with E-state index < -0.39 is 0 Å². The average molecular weight is 365 g/mol. The minimum absolute atomic E-state index is 0.108. The van der Waals surface area contributed by atoms with Gasteiger partial charge in [-0.3, -0.25) is 9.89 Å². The third kappa shape index (κ3) is 4.45. The molecule has 0 radical (unpaired) electrons. The molecule has 0 saturated heterocycles. The molecule has 6 heteroatoms. The molecule has 27 heavy (non-hydrogen) atoms. The second-order valence-electron chi connectivity index (χ2n) is 7.16. The average Bonchev–Trinajstić information content (AvgIpc) is 3.21. The Balaban J connectivity index is 1.63. The Bertz CT molecular complexity index is 877. The van der Waals surface area contributed by atoms with Gasteiger partial charge in [-0.15, -0.1) is 0 Å². The van der Waals surface area contributed by atoms with Crippen molar-refractivity contribution in [1.29, 1.82) is 0 Å². The van der Waals surface area contributed by atoms with Crippen molar-refractivity contribution in [2.75, 3.05) is 7.05 Å².